The van der Waals surface area contributed by atoms with Gasteiger partial charge in [-0.1, -0.05) is 31.9 Å². The topological polar surface area (TPSA) is 66.8 Å². The zero-order valence-electron chi connectivity index (χ0n) is 9.93. The first kappa shape index (κ1) is 13.5. The third kappa shape index (κ3) is 4.44. The molecular formula is C13H18O4. The summed E-state index contributed by atoms with van der Waals surface area (Å²) in [6.45, 7) is 2.79. The summed E-state index contributed by atoms with van der Waals surface area (Å²) in [6.07, 6.45) is 1.82. The molecule has 0 aromatic heterocycles. The first-order chi connectivity index (χ1) is 8.15. The number of aliphatic hydroxyl groups is 1. The Morgan fingerprint density at radius 1 is 1.29 bits per heavy atom. The van der Waals surface area contributed by atoms with Crippen LogP contribution in [-0.4, -0.2) is 22.8 Å². The lowest BCUT2D eigenvalue weighted by Gasteiger charge is -2.08. The largest absolute Gasteiger partial charge is 0.494 e. The number of aliphatic hydroxyl groups excluding tert-OH is 1. The Labute approximate surface area is 101 Å². The van der Waals surface area contributed by atoms with Gasteiger partial charge >= 0.3 is 5.97 Å². The lowest BCUT2D eigenvalue weighted by Crippen LogP contribution is -2.10. The Morgan fingerprint density at radius 2 is 1.94 bits per heavy atom. The van der Waals surface area contributed by atoms with E-state index in [1.807, 2.05) is 0 Å². The minimum absolute atomic E-state index is 0.360. The molecule has 1 aromatic carbocycles. The molecule has 1 atom stereocenters. The second kappa shape index (κ2) is 6.91. The van der Waals surface area contributed by atoms with E-state index >= 15 is 0 Å². The molecule has 4 heteroatoms. The van der Waals surface area contributed by atoms with Crippen LogP contribution in [0.5, 0.6) is 5.75 Å². The maximum Gasteiger partial charge on any atom is 0.337 e. The second-order valence-electron chi connectivity index (χ2n) is 3.87. The zero-order valence-corrected chi connectivity index (χ0v) is 9.93. The molecule has 0 bridgehead atoms. The molecule has 17 heavy (non-hydrogen) atoms. The summed E-state index contributed by atoms with van der Waals surface area (Å²) < 4.78 is 5.47. The zero-order chi connectivity index (χ0) is 12.7. The normalized spacial score (nSPS) is 12.1. The Bertz CT molecular complexity index is 345. The monoisotopic (exact) mass is 238 g/mol. The molecule has 0 amide bonds. The summed E-state index contributed by atoms with van der Waals surface area (Å²) >= 11 is 0. The fourth-order valence-corrected chi connectivity index (χ4v) is 1.43. The van der Waals surface area contributed by atoms with Crippen molar-refractivity contribution in [1.82, 2.24) is 0 Å². The molecule has 0 aliphatic heterocycles. The van der Waals surface area contributed by atoms with Gasteiger partial charge in [0.1, 0.15) is 5.75 Å². The molecule has 0 saturated carbocycles. The molecule has 1 aromatic rings. The van der Waals surface area contributed by atoms with E-state index < -0.39 is 12.1 Å². The van der Waals surface area contributed by atoms with Crippen LogP contribution in [0.4, 0.5) is 0 Å². The molecule has 0 fully saturated rings. The van der Waals surface area contributed by atoms with E-state index in [-0.39, 0.29) is 0 Å². The summed E-state index contributed by atoms with van der Waals surface area (Å²) in [6, 6.07) is 6.47. The van der Waals surface area contributed by atoms with Gasteiger partial charge in [-0.2, -0.15) is 0 Å². The number of rotatable bonds is 7. The smallest absolute Gasteiger partial charge is 0.337 e. The molecule has 4 nitrogen and oxygen atoms in total. The van der Waals surface area contributed by atoms with Crippen LogP contribution in [0.15, 0.2) is 24.3 Å². The number of carbonyl (C=O) groups is 1. The lowest BCUT2D eigenvalue weighted by molar-refractivity contribution is -0.146. The summed E-state index contributed by atoms with van der Waals surface area (Å²) in [5, 5.41) is 17.9. The predicted molar refractivity (Wildman–Crippen MR) is 64.1 cm³/mol. The molecular weight excluding hydrogens is 220 g/mol. The van der Waals surface area contributed by atoms with Gasteiger partial charge in [0, 0.05) is 0 Å². The number of hydrogen-bond acceptors (Lipinski definition) is 3. The van der Waals surface area contributed by atoms with Crippen LogP contribution < -0.4 is 4.74 Å². The van der Waals surface area contributed by atoms with Gasteiger partial charge in [-0.05, 0) is 24.1 Å². The van der Waals surface area contributed by atoms with Gasteiger partial charge in [-0.3, -0.25) is 0 Å². The third-order valence-electron chi connectivity index (χ3n) is 2.45. The number of aliphatic carboxylic acids is 1. The molecule has 0 aliphatic carbocycles. The van der Waals surface area contributed by atoms with Crippen molar-refractivity contribution in [3.8, 4) is 5.75 Å². The number of ether oxygens (including phenoxy) is 1. The molecule has 2 N–H and O–H groups in total. The first-order valence-corrected chi connectivity index (χ1v) is 5.78. The van der Waals surface area contributed by atoms with Crippen LogP contribution in [0, 0.1) is 0 Å². The highest BCUT2D eigenvalue weighted by Gasteiger charge is 2.15. The van der Waals surface area contributed by atoms with E-state index in [1.165, 1.54) is 0 Å². The number of carboxylic acid groups (broad SMARTS) is 1. The van der Waals surface area contributed by atoms with Gasteiger partial charge in [0.05, 0.1) is 6.61 Å². The fourth-order valence-electron chi connectivity index (χ4n) is 1.43. The minimum atomic E-state index is -1.47. The van der Waals surface area contributed by atoms with Gasteiger partial charge in [0.15, 0.2) is 6.10 Å². The Kier molecular flexibility index (Phi) is 5.49. The number of carboxylic acids is 1. The summed E-state index contributed by atoms with van der Waals surface area (Å²) in [5.74, 6) is -0.552. The van der Waals surface area contributed by atoms with Crippen molar-refractivity contribution < 1.29 is 19.7 Å². The summed E-state index contributed by atoms with van der Waals surface area (Å²) in [5.41, 5.74) is 0.360. The van der Waals surface area contributed by atoms with Crippen LogP contribution in [0.25, 0.3) is 0 Å². The maximum absolute atomic E-state index is 10.5. The van der Waals surface area contributed by atoms with Crippen LogP contribution in [-0.2, 0) is 4.79 Å². The van der Waals surface area contributed by atoms with E-state index in [0.717, 1.165) is 19.3 Å². The maximum atomic E-state index is 10.5. The average Bonchev–Trinajstić information content (AvgIpc) is 2.34. The van der Waals surface area contributed by atoms with E-state index in [0.29, 0.717) is 17.9 Å². The highest BCUT2D eigenvalue weighted by Crippen LogP contribution is 2.18. The van der Waals surface area contributed by atoms with Crippen molar-refractivity contribution in [1.29, 1.82) is 0 Å². The number of unbranched alkanes of at least 4 members (excludes halogenated alkanes) is 2. The van der Waals surface area contributed by atoms with Crippen molar-refractivity contribution in [2.45, 2.75) is 32.3 Å². The van der Waals surface area contributed by atoms with Gasteiger partial charge < -0.3 is 14.9 Å². The quantitative estimate of drug-likeness (QED) is 0.716. The number of benzene rings is 1. The van der Waals surface area contributed by atoms with E-state index in [2.05, 4.69) is 6.92 Å². The van der Waals surface area contributed by atoms with Crippen LogP contribution in [0.1, 0.15) is 37.9 Å². The molecule has 0 saturated heterocycles. The highest BCUT2D eigenvalue weighted by atomic mass is 16.5. The minimum Gasteiger partial charge on any atom is -0.494 e. The summed E-state index contributed by atoms with van der Waals surface area (Å²) in [4.78, 5) is 10.5. The fraction of sp³-hybridized carbons (Fsp3) is 0.462. The van der Waals surface area contributed by atoms with E-state index in [4.69, 9.17) is 9.84 Å². The highest BCUT2D eigenvalue weighted by molar-refractivity contribution is 5.74. The molecule has 0 heterocycles. The summed E-state index contributed by atoms with van der Waals surface area (Å²) in [7, 11) is 0. The average molecular weight is 238 g/mol. The molecule has 94 valence electrons. The van der Waals surface area contributed by atoms with Crippen LogP contribution in [0.3, 0.4) is 0 Å². The number of hydrogen-bond donors (Lipinski definition) is 2. The van der Waals surface area contributed by atoms with Crippen molar-refractivity contribution >= 4 is 5.97 Å². The third-order valence-corrected chi connectivity index (χ3v) is 2.45. The Hall–Kier alpha value is -1.55. The van der Waals surface area contributed by atoms with Crippen molar-refractivity contribution in [3.63, 3.8) is 0 Å². The first-order valence-electron chi connectivity index (χ1n) is 5.78. The van der Waals surface area contributed by atoms with Crippen LogP contribution >= 0.6 is 0 Å². The van der Waals surface area contributed by atoms with Crippen molar-refractivity contribution in [2.24, 2.45) is 0 Å². The molecule has 0 aliphatic rings. The van der Waals surface area contributed by atoms with Crippen molar-refractivity contribution in [3.05, 3.63) is 29.8 Å². The van der Waals surface area contributed by atoms with Gasteiger partial charge in [-0.15, -0.1) is 0 Å². The molecule has 0 radical (unpaired) electrons. The predicted octanol–water partition coefficient (Wildman–Crippen LogP) is 2.37. The Balaban J connectivity index is 2.47. The van der Waals surface area contributed by atoms with Gasteiger partial charge in [0.2, 0.25) is 0 Å². The lowest BCUT2D eigenvalue weighted by atomic mass is 10.1. The second-order valence-corrected chi connectivity index (χ2v) is 3.87. The van der Waals surface area contributed by atoms with Gasteiger partial charge in [0.25, 0.3) is 0 Å². The van der Waals surface area contributed by atoms with Crippen molar-refractivity contribution in [2.75, 3.05) is 6.61 Å². The van der Waals surface area contributed by atoms with Gasteiger partial charge in [-0.25, -0.2) is 4.79 Å². The van der Waals surface area contributed by atoms with Crippen LogP contribution in [0.2, 0.25) is 0 Å². The van der Waals surface area contributed by atoms with E-state index in [1.54, 1.807) is 24.3 Å². The molecule has 1 unspecified atom stereocenters. The van der Waals surface area contributed by atoms with E-state index in [9.17, 15) is 9.90 Å². The standard InChI is InChI=1S/C13H18O4/c1-2-3-4-9-17-11-7-5-10(6-8-11)12(14)13(15)16/h5-8,12,14H,2-4,9H2,1H3,(H,15,16). The molecule has 0 spiro atoms. The SMILES string of the molecule is CCCCCOc1ccc(C(O)C(=O)O)cc1. The molecule has 1 rings (SSSR count). The Morgan fingerprint density at radius 3 is 2.47 bits per heavy atom.